The Bertz CT molecular complexity index is 1140. The predicted octanol–water partition coefficient (Wildman–Crippen LogP) is 3.05. The van der Waals surface area contributed by atoms with E-state index in [1.54, 1.807) is 0 Å². The maximum absolute atomic E-state index is 13.4. The van der Waals surface area contributed by atoms with Crippen molar-refractivity contribution in [2.24, 2.45) is 0 Å². The topological polar surface area (TPSA) is 60.1 Å². The Morgan fingerprint density at radius 2 is 1.97 bits per heavy atom. The van der Waals surface area contributed by atoms with Crippen LogP contribution in [0.1, 0.15) is 4.88 Å². The van der Waals surface area contributed by atoms with Gasteiger partial charge in [0, 0.05) is 16.6 Å². The van der Waals surface area contributed by atoms with Gasteiger partial charge in [-0.05, 0) is 18.2 Å². The highest BCUT2D eigenvalue weighted by Gasteiger charge is 2.33. The summed E-state index contributed by atoms with van der Waals surface area (Å²) in [5.41, 5.74) is -0.450. The number of imidazole rings is 1. The Morgan fingerprint density at radius 3 is 2.55 bits per heavy atom. The zero-order valence-electron chi connectivity index (χ0n) is 14.6. The number of alkyl halides is 5. The van der Waals surface area contributed by atoms with E-state index in [1.807, 2.05) is 0 Å². The van der Waals surface area contributed by atoms with Gasteiger partial charge >= 0.3 is 11.9 Å². The molecule has 12 heteroatoms. The van der Waals surface area contributed by atoms with Gasteiger partial charge in [0.05, 0.1) is 18.6 Å². The molecule has 1 fully saturated rings. The van der Waals surface area contributed by atoms with Gasteiger partial charge in [-0.25, -0.2) is 23.1 Å². The Morgan fingerprint density at radius 1 is 1.24 bits per heavy atom. The van der Waals surface area contributed by atoms with Crippen molar-refractivity contribution in [3.63, 3.8) is 0 Å². The Balaban J connectivity index is 1.76. The van der Waals surface area contributed by atoms with Gasteiger partial charge in [-0.3, -0.25) is 9.36 Å². The van der Waals surface area contributed by atoms with Crippen molar-refractivity contribution in [2.45, 2.75) is 25.7 Å². The number of hydrogen-bond acceptors (Lipinski definition) is 4. The number of hydrogen-bond donors (Lipinski definition) is 0. The quantitative estimate of drug-likeness (QED) is 0.596. The third-order valence-corrected chi connectivity index (χ3v) is 5.81. The number of pyridine rings is 1. The third-order valence-electron chi connectivity index (χ3n) is 4.63. The third kappa shape index (κ3) is 3.41. The predicted molar refractivity (Wildman–Crippen MR) is 94.9 cm³/mol. The molecule has 0 saturated carbocycles. The SMILES string of the molecule is O=C(Cn1c(=O)n(CF)c2ncc(-c3ccc(C(F)(F)F)s3)cc21)N1CC(F)C1. The van der Waals surface area contributed by atoms with Crippen molar-refractivity contribution in [1.82, 2.24) is 19.0 Å². The minimum absolute atomic E-state index is 0.0337. The molecule has 4 rings (SSSR count). The standard InChI is InChI=1S/C17H13F5N4O2S/c18-8-26-15-11(25(16(26)28)7-14(27)24-5-10(19)6-24)3-9(4-23-15)12-1-2-13(29-12)17(20,21)22/h1-4,10H,5-8H2. The second-order valence-electron chi connectivity index (χ2n) is 6.54. The number of halogens is 5. The molecular weight excluding hydrogens is 419 g/mol. The Kier molecular flexibility index (Phi) is 4.68. The number of thiophene rings is 1. The smallest absolute Gasteiger partial charge is 0.335 e. The minimum Gasteiger partial charge on any atom is -0.335 e. The van der Waals surface area contributed by atoms with Crippen molar-refractivity contribution < 1.29 is 26.7 Å². The van der Waals surface area contributed by atoms with Crippen LogP contribution < -0.4 is 5.69 Å². The average molecular weight is 432 g/mol. The summed E-state index contributed by atoms with van der Waals surface area (Å²) >= 11 is 0.506. The molecule has 0 spiro atoms. The van der Waals surface area contributed by atoms with Gasteiger partial charge in [-0.2, -0.15) is 13.2 Å². The van der Waals surface area contributed by atoms with E-state index in [1.165, 1.54) is 23.2 Å². The zero-order chi connectivity index (χ0) is 20.9. The Hall–Kier alpha value is -2.76. The molecule has 29 heavy (non-hydrogen) atoms. The Labute approximate surface area is 163 Å². The normalized spacial score (nSPS) is 15.1. The monoisotopic (exact) mass is 432 g/mol. The molecule has 0 N–H and O–H groups in total. The van der Waals surface area contributed by atoms with Crippen LogP contribution in [0.2, 0.25) is 0 Å². The van der Waals surface area contributed by atoms with Crippen LogP contribution in [-0.4, -0.2) is 44.2 Å². The summed E-state index contributed by atoms with van der Waals surface area (Å²) in [6, 6.07) is 3.60. The molecule has 4 heterocycles. The number of amides is 1. The fourth-order valence-electron chi connectivity index (χ4n) is 3.10. The summed E-state index contributed by atoms with van der Waals surface area (Å²) in [5, 5.41) is 0. The van der Waals surface area contributed by atoms with E-state index in [2.05, 4.69) is 4.98 Å². The van der Waals surface area contributed by atoms with Gasteiger partial charge in [0.15, 0.2) is 12.4 Å². The highest BCUT2D eigenvalue weighted by molar-refractivity contribution is 7.15. The number of rotatable bonds is 4. The summed E-state index contributed by atoms with van der Waals surface area (Å²) < 4.78 is 66.6. The van der Waals surface area contributed by atoms with E-state index in [0.29, 0.717) is 16.9 Å². The first kappa shape index (κ1) is 19.6. The lowest BCUT2D eigenvalue weighted by atomic mass is 10.2. The molecule has 0 aromatic carbocycles. The van der Waals surface area contributed by atoms with Crippen LogP contribution in [0.3, 0.4) is 0 Å². The summed E-state index contributed by atoms with van der Waals surface area (Å²) in [6.07, 6.45) is -4.36. The maximum Gasteiger partial charge on any atom is 0.425 e. The van der Waals surface area contributed by atoms with E-state index in [-0.39, 0.29) is 29.1 Å². The van der Waals surface area contributed by atoms with E-state index >= 15 is 0 Å². The number of likely N-dealkylation sites (tertiary alicyclic amines) is 1. The minimum atomic E-state index is -4.49. The van der Waals surface area contributed by atoms with Crippen LogP contribution in [-0.2, 0) is 24.3 Å². The van der Waals surface area contributed by atoms with Crippen molar-refractivity contribution in [1.29, 1.82) is 0 Å². The second-order valence-corrected chi connectivity index (χ2v) is 7.62. The average Bonchev–Trinajstić information content (AvgIpc) is 3.23. The van der Waals surface area contributed by atoms with Gasteiger partial charge < -0.3 is 4.90 Å². The molecule has 1 amide bonds. The number of nitrogens with zero attached hydrogens (tertiary/aromatic N) is 4. The highest BCUT2D eigenvalue weighted by atomic mass is 32.1. The van der Waals surface area contributed by atoms with Gasteiger partial charge in [-0.15, -0.1) is 11.3 Å². The van der Waals surface area contributed by atoms with Crippen LogP contribution >= 0.6 is 11.3 Å². The lowest BCUT2D eigenvalue weighted by molar-refractivity contribution is -0.139. The molecule has 0 atom stereocenters. The highest BCUT2D eigenvalue weighted by Crippen LogP contribution is 2.38. The van der Waals surface area contributed by atoms with Crippen LogP contribution in [0.4, 0.5) is 22.0 Å². The molecule has 154 valence electrons. The summed E-state index contributed by atoms with van der Waals surface area (Å²) in [6.45, 7) is -1.78. The van der Waals surface area contributed by atoms with Gasteiger partial charge in [0.25, 0.3) is 0 Å². The lowest BCUT2D eigenvalue weighted by Gasteiger charge is -2.34. The van der Waals surface area contributed by atoms with Crippen molar-refractivity contribution in [3.8, 4) is 10.4 Å². The number of carbonyl (C=O) groups excluding carboxylic acids is 1. The fourth-order valence-corrected chi connectivity index (χ4v) is 3.95. The van der Waals surface area contributed by atoms with Crippen LogP contribution in [0.25, 0.3) is 21.6 Å². The van der Waals surface area contributed by atoms with Gasteiger partial charge in [0.1, 0.15) is 17.6 Å². The summed E-state index contributed by atoms with van der Waals surface area (Å²) in [5.74, 6) is -0.514. The second kappa shape index (κ2) is 6.94. The largest absolute Gasteiger partial charge is 0.425 e. The van der Waals surface area contributed by atoms with E-state index in [4.69, 9.17) is 0 Å². The zero-order valence-corrected chi connectivity index (χ0v) is 15.4. The van der Waals surface area contributed by atoms with E-state index in [0.717, 1.165) is 15.2 Å². The molecule has 0 unspecified atom stereocenters. The van der Waals surface area contributed by atoms with E-state index < -0.39 is 42.2 Å². The summed E-state index contributed by atoms with van der Waals surface area (Å²) in [4.78, 5) is 29.5. The summed E-state index contributed by atoms with van der Waals surface area (Å²) in [7, 11) is 0. The molecule has 1 saturated heterocycles. The van der Waals surface area contributed by atoms with Gasteiger partial charge in [-0.1, -0.05) is 0 Å². The van der Waals surface area contributed by atoms with Crippen molar-refractivity contribution in [3.05, 3.63) is 39.8 Å². The number of fused-ring (bicyclic) bond motifs is 1. The molecule has 6 nitrogen and oxygen atoms in total. The molecule has 3 aromatic rings. The molecule has 0 radical (unpaired) electrons. The molecule has 0 aliphatic carbocycles. The molecular formula is C17H13F5N4O2S. The van der Waals surface area contributed by atoms with Gasteiger partial charge in [0.2, 0.25) is 5.91 Å². The first-order chi connectivity index (χ1) is 13.7. The lowest BCUT2D eigenvalue weighted by Crippen LogP contribution is -2.52. The molecule has 1 aliphatic rings. The van der Waals surface area contributed by atoms with Crippen LogP contribution in [0.15, 0.2) is 29.2 Å². The van der Waals surface area contributed by atoms with E-state index in [9.17, 15) is 31.5 Å². The molecule has 0 bridgehead atoms. The van der Waals surface area contributed by atoms with Crippen molar-refractivity contribution >= 4 is 28.4 Å². The van der Waals surface area contributed by atoms with Crippen molar-refractivity contribution in [2.75, 3.05) is 13.1 Å². The molecule has 3 aromatic heterocycles. The number of carbonyl (C=O) groups is 1. The number of aromatic nitrogens is 3. The van der Waals surface area contributed by atoms with Crippen LogP contribution in [0.5, 0.6) is 0 Å². The van der Waals surface area contributed by atoms with Crippen LogP contribution in [0, 0.1) is 0 Å². The maximum atomic E-state index is 13.4. The fraction of sp³-hybridized carbons (Fsp3) is 0.353. The first-order valence-corrected chi connectivity index (χ1v) is 9.25. The first-order valence-electron chi connectivity index (χ1n) is 8.43. The molecule has 1 aliphatic heterocycles.